The SMILES string of the molecule is CC1(C)c2ccccc2-c2ccc3c4ccccc4n(-c4cccc(-c5nc(-c6ccccc6)nc(-c6ccc7c(c6)oc6ccccc67)n5)c4)c3c21. The van der Waals surface area contributed by atoms with E-state index < -0.39 is 0 Å². The molecule has 5 nitrogen and oxygen atoms in total. The second kappa shape index (κ2) is 11.1. The van der Waals surface area contributed by atoms with Gasteiger partial charge in [0, 0.05) is 49.3 Å². The Bertz CT molecular complexity index is 3100. The van der Waals surface area contributed by atoms with E-state index in [4.69, 9.17) is 19.4 Å². The van der Waals surface area contributed by atoms with Crippen LogP contribution in [0.3, 0.4) is 0 Å². The summed E-state index contributed by atoms with van der Waals surface area (Å²) in [4.78, 5) is 15.3. The van der Waals surface area contributed by atoms with Gasteiger partial charge in [-0.25, -0.2) is 15.0 Å². The summed E-state index contributed by atoms with van der Waals surface area (Å²) in [6.45, 7) is 4.71. The Morgan fingerprint density at radius 3 is 1.96 bits per heavy atom. The zero-order valence-corrected chi connectivity index (χ0v) is 29.2. The van der Waals surface area contributed by atoms with E-state index in [1.54, 1.807) is 0 Å². The maximum absolute atomic E-state index is 6.26. The predicted octanol–water partition coefficient (Wildman–Crippen LogP) is 12.2. The van der Waals surface area contributed by atoms with Crippen molar-refractivity contribution in [2.24, 2.45) is 0 Å². The number of hydrogen-bond acceptors (Lipinski definition) is 4. The van der Waals surface area contributed by atoms with E-state index in [1.165, 1.54) is 44.1 Å². The molecule has 0 unspecified atom stereocenters. The fourth-order valence-corrected chi connectivity index (χ4v) is 8.58. The lowest BCUT2D eigenvalue weighted by molar-refractivity contribution is 0.664. The number of benzene rings is 7. The van der Waals surface area contributed by atoms with Crippen LogP contribution in [0.25, 0.3) is 94.7 Å². The number of rotatable bonds is 4. The number of nitrogens with zero attached hydrogens (tertiary/aromatic N) is 4. The van der Waals surface area contributed by atoms with Crippen LogP contribution >= 0.6 is 0 Å². The van der Waals surface area contributed by atoms with E-state index in [0.29, 0.717) is 17.5 Å². The van der Waals surface area contributed by atoms with Gasteiger partial charge in [0.1, 0.15) is 11.2 Å². The average molecular weight is 681 g/mol. The standard InChI is InChI=1S/C48H32N4O/c1-48(2)39-20-9-6-17-33(39)37-25-26-38-34-18-7-10-21-40(34)52(44(38)43(37)48)32-16-12-15-30(27-32)46-49-45(29-13-4-3-5-14-29)50-47(51-46)31-23-24-36-35-19-8-11-22-41(35)53-42(36)28-31/h3-28H,1-2H3. The third-order valence-electron chi connectivity index (χ3n) is 11.0. The molecule has 0 N–H and O–H groups in total. The van der Waals surface area contributed by atoms with Gasteiger partial charge >= 0.3 is 0 Å². The van der Waals surface area contributed by atoms with Gasteiger partial charge in [0.25, 0.3) is 0 Å². The molecule has 0 saturated carbocycles. The van der Waals surface area contributed by atoms with Gasteiger partial charge in [0.05, 0.1) is 11.0 Å². The van der Waals surface area contributed by atoms with Crippen molar-refractivity contribution in [1.82, 2.24) is 19.5 Å². The number of aromatic nitrogens is 4. The van der Waals surface area contributed by atoms with Crippen LogP contribution in [-0.4, -0.2) is 19.5 Å². The van der Waals surface area contributed by atoms with Gasteiger partial charge in [0.2, 0.25) is 0 Å². The zero-order chi connectivity index (χ0) is 35.3. The van der Waals surface area contributed by atoms with Crippen molar-refractivity contribution in [3.8, 4) is 51.0 Å². The van der Waals surface area contributed by atoms with Crippen LogP contribution in [0.5, 0.6) is 0 Å². The minimum atomic E-state index is -0.177. The molecule has 1 aliphatic rings. The van der Waals surface area contributed by atoms with Crippen molar-refractivity contribution >= 4 is 43.7 Å². The molecule has 0 fully saturated rings. The molecule has 0 radical (unpaired) electrons. The Morgan fingerprint density at radius 2 is 1.11 bits per heavy atom. The molecule has 3 aromatic heterocycles. The summed E-state index contributed by atoms with van der Waals surface area (Å²) in [6, 6.07) is 55.3. The molecular formula is C48H32N4O. The van der Waals surface area contributed by atoms with Crippen molar-refractivity contribution in [1.29, 1.82) is 0 Å². The van der Waals surface area contributed by atoms with Crippen molar-refractivity contribution in [3.05, 3.63) is 169 Å². The van der Waals surface area contributed by atoms with E-state index in [0.717, 1.165) is 44.3 Å². The molecule has 53 heavy (non-hydrogen) atoms. The predicted molar refractivity (Wildman–Crippen MR) is 215 cm³/mol. The van der Waals surface area contributed by atoms with Crippen molar-refractivity contribution in [2.75, 3.05) is 0 Å². The summed E-state index contributed by atoms with van der Waals surface area (Å²) in [5.74, 6) is 1.82. The molecule has 10 aromatic rings. The van der Waals surface area contributed by atoms with E-state index in [1.807, 2.05) is 54.6 Å². The van der Waals surface area contributed by atoms with Gasteiger partial charge in [0.15, 0.2) is 17.5 Å². The molecular weight excluding hydrogens is 649 g/mol. The first kappa shape index (κ1) is 29.8. The van der Waals surface area contributed by atoms with Gasteiger partial charge in [-0.3, -0.25) is 0 Å². The van der Waals surface area contributed by atoms with Crippen molar-refractivity contribution in [3.63, 3.8) is 0 Å². The minimum absolute atomic E-state index is 0.177. The number of para-hydroxylation sites is 2. The smallest absolute Gasteiger partial charge is 0.164 e. The summed E-state index contributed by atoms with van der Waals surface area (Å²) < 4.78 is 8.71. The second-order valence-electron chi connectivity index (χ2n) is 14.4. The summed E-state index contributed by atoms with van der Waals surface area (Å²) in [7, 11) is 0. The maximum atomic E-state index is 6.26. The Balaban J connectivity index is 1.13. The Kier molecular flexibility index (Phi) is 6.23. The number of fused-ring (bicyclic) bond motifs is 10. The van der Waals surface area contributed by atoms with Gasteiger partial charge in [-0.1, -0.05) is 135 Å². The summed E-state index contributed by atoms with van der Waals surface area (Å²) in [5.41, 5.74) is 13.0. The molecule has 1 aliphatic carbocycles. The van der Waals surface area contributed by atoms with Crippen LogP contribution in [0, 0.1) is 0 Å². The lowest BCUT2D eigenvalue weighted by Gasteiger charge is -2.23. The first-order valence-electron chi connectivity index (χ1n) is 18.0. The van der Waals surface area contributed by atoms with Crippen LogP contribution < -0.4 is 0 Å². The topological polar surface area (TPSA) is 56.7 Å². The molecule has 0 amide bonds. The highest BCUT2D eigenvalue weighted by Crippen LogP contribution is 2.53. The highest BCUT2D eigenvalue weighted by atomic mass is 16.3. The molecule has 7 aromatic carbocycles. The Morgan fingerprint density at radius 1 is 0.472 bits per heavy atom. The van der Waals surface area contributed by atoms with Crippen LogP contribution in [0.15, 0.2) is 162 Å². The van der Waals surface area contributed by atoms with Gasteiger partial charge < -0.3 is 8.98 Å². The zero-order valence-electron chi connectivity index (χ0n) is 29.2. The van der Waals surface area contributed by atoms with Gasteiger partial charge in [-0.05, 0) is 58.7 Å². The first-order valence-corrected chi connectivity index (χ1v) is 18.0. The number of furan rings is 1. The molecule has 0 spiro atoms. The highest BCUT2D eigenvalue weighted by Gasteiger charge is 2.38. The largest absolute Gasteiger partial charge is 0.456 e. The maximum Gasteiger partial charge on any atom is 0.164 e. The van der Waals surface area contributed by atoms with E-state index in [-0.39, 0.29) is 5.41 Å². The molecule has 0 aliphatic heterocycles. The number of hydrogen-bond donors (Lipinski definition) is 0. The third kappa shape index (κ3) is 4.40. The van der Waals surface area contributed by atoms with Gasteiger partial charge in [-0.15, -0.1) is 0 Å². The van der Waals surface area contributed by atoms with Crippen molar-refractivity contribution in [2.45, 2.75) is 19.3 Å². The fraction of sp³-hybridized carbons (Fsp3) is 0.0625. The van der Waals surface area contributed by atoms with Crippen LogP contribution in [0.1, 0.15) is 25.0 Å². The lowest BCUT2D eigenvalue weighted by Crippen LogP contribution is -2.16. The van der Waals surface area contributed by atoms with E-state index in [9.17, 15) is 0 Å². The highest BCUT2D eigenvalue weighted by molar-refractivity contribution is 6.13. The monoisotopic (exact) mass is 680 g/mol. The van der Waals surface area contributed by atoms with Crippen LogP contribution in [0.4, 0.5) is 0 Å². The third-order valence-corrected chi connectivity index (χ3v) is 11.0. The van der Waals surface area contributed by atoms with Crippen LogP contribution in [-0.2, 0) is 5.41 Å². The second-order valence-corrected chi connectivity index (χ2v) is 14.4. The van der Waals surface area contributed by atoms with Gasteiger partial charge in [-0.2, -0.15) is 0 Å². The molecule has 0 saturated heterocycles. The molecule has 250 valence electrons. The Labute approximate surface area is 305 Å². The van der Waals surface area contributed by atoms with E-state index in [2.05, 4.69) is 122 Å². The van der Waals surface area contributed by atoms with Crippen LogP contribution in [0.2, 0.25) is 0 Å². The average Bonchev–Trinajstić information content (AvgIpc) is 3.83. The quantitative estimate of drug-likeness (QED) is 0.186. The summed E-state index contributed by atoms with van der Waals surface area (Å²) in [5, 5.41) is 4.64. The minimum Gasteiger partial charge on any atom is -0.456 e. The molecule has 11 rings (SSSR count). The van der Waals surface area contributed by atoms with E-state index >= 15 is 0 Å². The molecule has 0 bridgehead atoms. The molecule has 0 atom stereocenters. The lowest BCUT2D eigenvalue weighted by atomic mass is 9.81. The first-order chi connectivity index (χ1) is 26.0. The summed E-state index contributed by atoms with van der Waals surface area (Å²) in [6.07, 6.45) is 0. The Hall–Kier alpha value is -6.85. The molecule has 5 heteroatoms. The fourth-order valence-electron chi connectivity index (χ4n) is 8.58. The summed E-state index contributed by atoms with van der Waals surface area (Å²) >= 11 is 0. The normalized spacial score (nSPS) is 13.2. The molecule has 3 heterocycles. The van der Waals surface area contributed by atoms with Crippen molar-refractivity contribution < 1.29 is 4.42 Å².